The van der Waals surface area contributed by atoms with Gasteiger partial charge >= 0.3 is 0 Å². The molecular formula is C13H18BrNO3. The molecular weight excluding hydrogens is 298 g/mol. The number of carbonyl (C=O) groups excluding carboxylic acids is 1. The van der Waals surface area contributed by atoms with Crippen molar-refractivity contribution in [2.75, 3.05) is 39.2 Å². The van der Waals surface area contributed by atoms with Crippen LogP contribution in [-0.4, -0.2) is 50.1 Å². The second-order valence-electron chi connectivity index (χ2n) is 3.67. The van der Waals surface area contributed by atoms with Gasteiger partial charge in [-0.05, 0) is 12.1 Å². The average molecular weight is 316 g/mol. The molecule has 4 nitrogen and oxygen atoms in total. The van der Waals surface area contributed by atoms with Crippen LogP contribution in [0.25, 0.3) is 0 Å². The number of para-hydroxylation sites is 1. The fourth-order valence-electron chi connectivity index (χ4n) is 1.61. The third kappa shape index (κ3) is 3.99. The van der Waals surface area contributed by atoms with E-state index in [4.69, 9.17) is 9.47 Å². The monoisotopic (exact) mass is 315 g/mol. The Hall–Kier alpha value is -1.07. The number of nitrogens with zero attached hydrogens (tertiary/aromatic N) is 1. The summed E-state index contributed by atoms with van der Waals surface area (Å²) in [7, 11) is 3.19. The van der Waals surface area contributed by atoms with E-state index in [2.05, 4.69) is 15.9 Å². The van der Waals surface area contributed by atoms with Crippen molar-refractivity contribution < 1.29 is 14.3 Å². The van der Waals surface area contributed by atoms with Gasteiger partial charge in [0.1, 0.15) is 5.75 Å². The highest BCUT2D eigenvalue weighted by molar-refractivity contribution is 9.09. The van der Waals surface area contributed by atoms with Crippen LogP contribution in [0.4, 0.5) is 0 Å². The normalized spacial score (nSPS) is 10.2. The summed E-state index contributed by atoms with van der Waals surface area (Å²) >= 11 is 3.35. The molecule has 1 aromatic carbocycles. The number of rotatable bonds is 7. The lowest BCUT2D eigenvalue weighted by Gasteiger charge is -2.22. The van der Waals surface area contributed by atoms with Crippen LogP contribution in [0.3, 0.4) is 0 Å². The number of amides is 1. The second kappa shape index (κ2) is 8.11. The first-order chi connectivity index (χ1) is 8.74. The van der Waals surface area contributed by atoms with Gasteiger partial charge < -0.3 is 14.4 Å². The smallest absolute Gasteiger partial charge is 0.257 e. The fourth-order valence-corrected chi connectivity index (χ4v) is 2.04. The summed E-state index contributed by atoms with van der Waals surface area (Å²) in [5, 5.41) is 0.734. The van der Waals surface area contributed by atoms with Gasteiger partial charge in [-0.3, -0.25) is 4.79 Å². The summed E-state index contributed by atoms with van der Waals surface area (Å²) in [4.78, 5) is 14.1. The van der Waals surface area contributed by atoms with E-state index in [-0.39, 0.29) is 5.91 Å². The van der Waals surface area contributed by atoms with Crippen LogP contribution in [-0.2, 0) is 4.74 Å². The van der Waals surface area contributed by atoms with E-state index >= 15 is 0 Å². The van der Waals surface area contributed by atoms with Crippen molar-refractivity contribution in [1.82, 2.24) is 4.90 Å². The summed E-state index contributed by atoms with van der Waals surface area (Å²) in [5.74, 6) is 0.559. The maximum atomic E-state index is 12.4. The standard InChI is InChI=1S/C13H18BrNO3/c1-17-10-9-15(8-7-14)13(16)11-5-3-4-6-12(11)18-2/h3-6H,7-10H2,1-2H3. The van der Waals surface area contributed by atoms with Crippen molar-refractivity contribution in [3.8, 4) is 5.75 Å². The molecule has 0 atom stereocenters. The van der Waals surface area contributed by atoms with Crippen molar-refractivity contribution >= 4 is 21.8 Å². The average Bonchev–Trinajstić information content (AvgIpc) is 2.42. The minimum Gasteiger partial charge on any atom is -0.496 e. The van der Waals surface area contributed by atoms with E-state index in [1.54, 1.807) is 31.3 Å². The van der Waals surface area contributed by atoms with Gasteiger partial charge in [0.15, 0.2) is 0 Å². The van der Waals surface area contributed by atoms with Gasteiger partial charge in [0.25, 0.3) is 5.91 Å². The molecule has 0 aliphatic heterocycles. The van der Waals surface area contributed by atoms with Gasteiger partial charge in [-0.25, -0.2) is 0 Å². The fraction of sp³-hybridized carbons (Fsp3) is 0.462. The number of benzene rings is 1. The molecule has 0 spiro atoms. The predicted molar refractivity (Wildman–Crippen MR) is 74.6 cm³/mol. The maximum absolute atomic E-state index is 12.4. The van der Waals surface area contributed by atoms with Gasteiger partial charge in [-0.1, -0.05) is 28.1 Å². The van der Waals surface area contributed by atoms with Crippen LogP contribution in [0, 0.1) is 0 Å². The molecule has 0 heterocycles. The van der Waals surface area contributed by atoms with E-state index in [0.29, 0.717) is 31.0 Å². The number of carbonyl (C=O) groups is 1. The largest absolute Gasteiger partial charge is 0.496 e. The first kappa shape index (κ1) is 15.0. The Kier molecular flexibility index (Phi) is 6.75. The van der Waals surface area contributed by atoms with Crippen molar-refractivity contribution in [2.45, 2.75) is 0 Å². The zero-order valence-electron chi connectivity index (χ0n) is 10.7. The van der Waals surface area contributed by atoms with Gasteiger partial charge in [0, 0.05) is 25.5 Å². The number of alkyl halides is 1. The van der Waals surface area contributed by atoms with Crippen LogP contribution < -0.4 is 4.74 Å². The molecule has 18 heavy (non-hydrogen) atoms. The molecule has 1 amide bonds. The molecule has 0 N–H and O–H groups in total. The SMILES string of the molecule is COCCN(CCBr)C(=O)c1ccccc1OC. The second-order valence-corrected chi connectivity index (χ2v) is 4.47. The molecule has 5 heteroatoms. The minimum absolute atomic E-state index is 0.0380. The molecule has 100 valence electrons. The van der Waals surface area contributed by atoms with E-state index in [9.17, 15) is 4.79 Å². The molecule has 0 saturated heterocycles. The lowest BCUT2D eigenvalue weighted by atomic mass is 10.1. The summed E-state index contributed by atoms with van der Waals surface area (Å²) < 4.78 is 10.2. The Labute approximate surface area is 116 Å². The molecule has 0 aliphatic rings. The quantitative estimate of drug-likeness (QED) is 0.724. The van der Waals surface area contributed by atoms with Gasteiger partial charge in [-0.15, -0.1) is 0 Å². The van der Waals surface area contributed by atoms with E-state index in [0.717, 1.165) is 5.33 Å². The van der Waals surface area contributed by atoms with Crippen molar-refractivity contribution in [2.24, 2.45) is 0 Å². The number of halogens is 1. The first-order valence-electron chi connectivity index (χ1n) is 5.71. The zero-order valence-corrected chi connectivity index (χ0v) is 12.3. The van der Waals surface area contributed by atoms with Crippen LogP contribution >= 0.6 is 15.9 Å². The predicted octanol–water partition coefficient (Wildman–Crippen LogP) is 2.18. The minimum atomic E-state index is -0.0380. The van der Waals surface area contributed by atoms with Crippen LogP contribution in [0.5, 0.6) is 5.75 Å². The molecule has 0 unspecified atom stereocenters. The van der Waals surface area contributed by atoms with Crippen molar-refractivity contribution in [3.05, 3.63) is 29.8 Å². The molecule has 0 fully saturated rings. The Bertz CT molecular complexity index is 384. The Morgan fingerprint density at radius 2 is 2.00 bits per heavy atom. The number of methoxy groups -OCH3 is 2. The van der Waals surface area contributed by atoms with Gasteiger partial charge in [0.05, 0.1) is 19.3 Å². The molecule has 1 aromatic rings. The highest BCUT2D eigenvalue weighted by Gasteiger charge is 2.18. The molecule has 1 rings (SSSR count). The molecule has 0 radical (unpaired) electrons. The lowest BCUT2D eigenvalue weighted by Crippen LogP contribution is -2.35. The maximum Gasteiger partial charge on any atom is 0.257 e. The van der Waals surface area contributed by atoms with Crippen LogP contribution in [0.2, 0.25) is 0 Å². The topological polar surface area (TPSA) is 38.8 Å². The van der Waals surface area contributed by atoms with E-state index in [1.807, 2.05) is 12.1 Å². The molecule has 0 bridgehead atoms. The highest BCUT2D eigenvalue weighted by atomic mass is 79.9. The lowest BCUT2D eigenvalue weighted by molar-refractivity contribution is 0.0705. The van der Waals surface area contributed by atoms with Crippen LogP contribution in [0.1, 0.15) is 10.4 Å². The molecule has 0 aromatic heterocycles. The first-order valence-corrected chi connectivity index (χ1v) is 6.84. The Morgan fingerprint density at radius 3 is 2.61 bits per heavy atom. The Morgan fingerprint density at radius 1 is 1.28 bits per heavy atom. The van der Waals surface area contributed by atoms with E-state index < -0.39 is 0 Å². The summed E-state index contributed by atoms with van der Waals surface area (Å²) in [6.45, 7) is 1.73. The van der Waals surface area contributed by atoms with E-state index in [1.165, 1.54) is 0 Å². The number of hydrogen-bond donors (Lipinski definition) is 0. The summed E-state index contributed by atoms with van der Waals surface area (Å²) in [5.41, 5.74) is 0.581. The molecule has 0 aliphatic carbocycles. The van der Waals surface area contributed by atoms with Gasteiger partial charge in [0.2, 0.25) is 0 Å². The third-order valence-corrected chi connectivity index (χ3v) is 2.90. The summed E-state index contributed by atoms with van der Waals surface area (Å²) in [6.07, 6.45) is 0. The van der Waals surface area contributed by atoms with Crippen LogP contribution in [0.15, 0.2) is 24.3 Å². The number of ether oxygens (including phenoxy) is 2. The number of hydrogen-bond acceptors (Lipinski definition) is 3. The highest BCUT2D eigenvalue weighted by Crippen LogP contribution is 2.19. The Balaban J connectivity index is 2.86. The summed E-state index contributed by atoms with van der Waals surface area (Å²) in [6, 6.07) is 7.24. The third-order valence-electron chi connectivity index (χ3n) is 2.54. The van der Waals surface area contributed by atoms with Gasteiger partial charge in [-0.2, -0.15) is 0 Å². The van der Waals surface area contributed by atoms with Crippen molar-refractivity contribution in [1.29, 1.82) is 0 Å². The molecule has 0 saturated carbocycles. The van der Waals surface area contributed by atoms with Crippen molar-refractivity contribution in [3.63, 3.8) is 0 Å². The zero-order chi connectivity index (χ0) is 13.4.